The molecule has 0 spiro atoms. The Bertz CT molecular complexity index is 994. The van der Waals surface area contributed by atoms with Gasteiger partial charge in [-0.2, -0.15) is 0 Å². The first kappa shape index (κ1) is 21.4. The Morgan fingerprint density at radius 2 is 1.47 bits per heavy atom. The minimum absolute atomic E-state index is 0.130. The molecule has 0 radical (unpaired) electrons. The third-order valence-electron chi connectivity index (χ3n) is 4.47. The van der Waals surface area contributed by atoms with Gasteiger partial charge >= 0.3 is 0 Å². The lowest BCUT2D eigenvalue weighted by molar-refractivity contribution is -0.128. The van der Waals surface area contributed by atoms with E-state index in [4.69, 9.17) is 20.9 Å². The van der Waals surface area contributed by atoms with Crippen molar-refractivity contribution in [2.45, 2.75) is 33.3 Å². The van der Waals surface area contributed by atoms with Crippen molar-refractivity contribution in [3.05, 3.63) is 81.7 Å². The Balaban J connectivity index is 1.42. The molecule has 0 aliphatic carbocycles. The Morgan fingerprint density at radius 1 is 0.933 bits per heavy atom. The van der Waals surface area contributed by atoms with Gasteiger partial charge in [-0.3, -0.25) is 20.4 Å². The minimum atomic E-state index is -0.316. The summed E-state index contributed by atoms with van der Waals surface area (Å²) >= 11 is 5.82. The van der Waals surface area contributed by atoms with Gasteiger partial charge in [0, 0.05) is 5.02 Å². The standard InChI is InChI=1S/C22H22ClN3O4/c1-14-20(15(2)30-26-14)13-29-19-9-5-17(6-10-19)12-22(28)25-24-21(27)11-16-3-7-18(23)8-4-16/h3-10H,11-13H2,1-2H3,(H,24,27)(H,25,28). The molecule has 0 fully saturated rings. The van der Waals surface area contributed by atoms with Crippen molar-refractivity contribution in [3.63, 3.8) is 0 Å². The van der Waals surface area contributed by atoms with Crippen molar-refractivity contribution in [2.75, 3.05) is 0 Å². The van der Waals surface area contributed by atoms with Crippen molar-refractivity contribution in [1.82, 2.24) is 16.0 Å². The highest BCUT2D eigenvalue weighted by atomic mass is 35.5. The third kappa shape index (κ3) is 6.09. The summed E-state index contributed by atoms with van der Waals surface area (Å²) in [6.45, 7) is 4.07. The number of nitrogens with zero attached hydrogens (tertiary/aromatic N) is 1. The van der Waals surface area contributed by atoms with Crippen LogP contribution in [0.5, 0.6) is 5.75 Å². The van der Waals surface area contributed by atoms with Crippen LogP contribution in [0.25, 0.3) is 0 Å². The molecule has 1 heterocycles. The summed E-state index contributed by atoms with van der Waals surface area (Å²) in [5.41, 5.74) is 8.16. The van der Waals surface area contributed by atoms with Crippen molar-refractivity contribution in [2.24, 2.45) is 0 Å². The molecule has 0 aliphatic heterocycles. The van der Waals surface area contributed by atoms with E-state index < -0.39 is 0 Å². The number of hydrogen-bond donors (Lipinski definition) is 2. The second-order valence-electron chi connectivity index (χ2n) is 6.81. The van der Waals surface area contributed by atoms with E-state index in [9.17, 15) is 9.59 Å². The summed E-state index contributed by atoms with van der Waals surface area (Å²) in [5.74, 6) is 0.784. The lowest BCUT2D eigenvalue weighted by atomic mass is 10.1. The molecule has 0 saturated heterocycles. The van der Waals surface area contributed by atoms with Crippen LogP contribution in [0.15, 0.2) is 53.1 Å². The van der Waals surface area contributed by atoms with E-state index in [1.165, 1.54) is 0 Å². The second kappa shape index (κ2) is 9.93. The topological polar surface area (TPSA) is 93.5 Å². The molecule has 2 aromatic carbocycles. The van der Waals surface area contributed by atoms with Gasteiger partial charge in [-0.1, -0.05) is 41.0 Å². The molecule has 2 amide bonds. The van der Waals surface area contributed by atoms with Gasteiger partial charge in [0.25, 0.3) is 0 Å². The average molecular weight is 428 g/mol. The van der Waals surface area contributed by atoms with Crippen LogP contribution in [-0.4, -0.2) is 17.0 Å². The number of ether oxygens (including phenoxy) is 1. The fourth-order valence-electron chi connectivity index (χ4n) is 2.77. The Kier molecular flexibility index (Phi) is 7.08. The summed E-state index contributed by atoms with van der Waals surface area (Å²) < 4.78 is 10.9. The first-order valence-corrected chi connectivity index (χ1v) is 9.74. The van der Waals surface area contributed by atoms with E-state index in [1.807, 2.05) is 13.8 Å². The largest absolute Gasteiger partial charge is 0.489 e. The highest BCUT2D eigenvalue weighted by molar-refractivity contribution is 6.30. The third-order valence-corrected chi connectivity index (χ3v) is 4.72. The number of amides is 2. The van der Waals surface area contributed by atoms with Crippen LogP contribution in [-0.2, 0) is 29.0 Å². The molecule has 30 heavy (non-hydrogen) atoms. The zero-order valence-corrected chi connectivity index (χ0v) is 17.5. The van der Waals surface area contributed by atoms with Gasteiger partial charge in [0.1, 0.15) is 18.1 Å². The average Bonchev–Trinajstić information content (AvgIpc) is 3.05. The monoisotopic (exact) mass is 427 g/mol. The number of rotatable bonds is 7. The van der Waals surface area contributed by atoms with E-state index in [0.717, 1.165) is 28.1 Å². The van der Waals surface area contributed by atoms with Crippen molar-refractivity contribution in [1.29, 1.82) is 0 Å². The summed E-state index contributed by atoms with van der Waals surface area (Å²) in [5, 5.41) is 4.50. The van der Waals surface area contributed by atoms with Gasteiger partial charge < -0.3 is 9.26 Å². The molecule has 0 unspecified atom stereocenters. The van der Waals surface area contributed by atoms with E-state index in [2.05, 4.69) is 16.0 Å². The molecule has 0 bridgehead atoms. The number of hydrazine groups is 1. The van der Waals surface area contributed by atoms with Crippen molar-refractivity contribution >= 4 is 23.4 Å². The molecule has 3 rings (SSSR count). The number of benzene rings is 2. The van der Waals surface area contributed by atoms with Crippen molar-refractivity contribution in [3.8, 4) is 5.75 Å². The SMILES string of the molecule is Cc1noc(C)c1COc1ccc(CC(=O)NNC(=O)Cc2ccc(Cl)cc2)cc1. The summed E-state index contributed by atoms with van der Waals surface area (Å²) in [7, 11) is 0. The predicted octanol–water partition coefficient (Wildman–Crippen LogP) is 3.46. The Hall–Kier alpha value is -3.32. The van der Waals surface area contributed by atoms with Gasteiger partial charge in [-0.05, 0) is 49.2 Å². The number of nitrogens with one attached hydrogen (secondary N) is 2. The van der Waals surface area contributed by atoms with E-state index >= 15 is 0 Å². The molecule has 0 saturated carbocycles. The predicted molar refractivity (Wildman–Crippen MR) is 112 cm³/mol. The number of aryl methyl sites for hydroxylation is 2. The smallest absolute Gasteiger partial charge is 0.242 e. The Morgan fingerprint density at radius 3 is 1.97 bits per heavy atom. The molecule has 8 heteroatoms. The zero-order chi connectivity index (χ0) is 21.5. The van der Waals surface area contributed by atoms with Crippen molar-refractivity contribution < 1.29 is 18.8 Å². The molecule has 7 nitrogen and oxygen atoms in total. The molecule has 2 N–H and O–H groups in total. The molecule has 1 aromatic heterocycles. The molecular weight excluding hydrogens is 406 g/mol. The number of halogens is 1. The van der Waals surface area contributed by atoms with Gasteiger partial charge in [-0.25, -0.2) is 0 Å². The zero-order valence-electron chi connectivity index (χ0n) is 16.7. The lowest BCUT2D eigenvalue weighted by Gasteiger charge is -2.09. The van der Waals surface area contributed by atoms with Gasteiger partial charge in [0.2, 0.25) is 11.8 Å². The Labute approximate surface area is 179 Å². The number of hydrogen-bond acceptors (Lipinski definition) is 5. The van der Waals surface area contributed by atoms with Crippen LogP contribution in [0.3, 0.4) is 0 Å². The summed E-state index contributed by atoms with van der Waals surface area (Å²) in [6, 6.07) is 14.1. The van der Waals surface area contributed by atoms with Crippen LogP contribution in [0.4, 0.5) is 0 Å². The molecule has 156 valence electrons. The number of carbonyl (C=O) groups excluding carboxylic acids is 2. The molecule has 0 atom stereocenters. The highest BCUT2D eigenvalue weighted by Gasteiger charge is 2.10. The van der Waals surface area contributed by atoms with E-state index in [-0.39, 0.29) is 24.7 Å². The second-order valence-corrected chi connectivity index (χ2v) is 7.25. The summed E-state index contributed by atoms with van der Waals surface area (Å²) in [6.07, 6.45) is 0.278. The van der Waals surface area contributed by atoms with Crippen LogP contribution in [0, 0.1) is 13.8 Å². The molecular formula is C22H22ClN3O4. The fourth-order valence-corrected chi connectivity index (χ4v) is 2.89. The minimum Gasteiger partial charge on any atom is -0.489 e. The van der Waals surface area contributed by atoms with Crippen LogP contribution in [0.1, 0.15) is 28.1 Å². The number of aromatic nitrogens is 1. The highest BCUT2D eigenvalue weighted by Crippen LogP contribution is 2.18. The van der Waals surface area contributed by atoms with E-state index in [0.29, 0.717) is 17.4 Å². The maximum atomic E-state index is 12.1. The first-order valence-electron chi connectivity index (χ1n) is 9.36. The van der Waals surface area contributed by atoms with Crippen LogP contribution < -0.4 is 15.6 Å². The molecule has 3 aromatic rings. The fraction of sp³-hybridized carbons (Fsp3) is 0.227. The first-order chi connectivity index (χ1) is 14.4. The maximum absolute atomic E-state index is 12.1. The van der Waals surface area contributed by atoms with E-state index in [1.54, 1.807) is 48.5 Å². The van der Waals surface area contributed by atoms with Gasteiger partial charge in [0.05, 0.1) is 24.1 Å². The quantitative estimate of drug-likeness (QED) is 0.563. The molecule has 0 aliphatic rings. The number of carbonyl (C=O) groups is 2. The lowest BCUT2D eigenvalue weighted by Crippen LogP contribution is -2.43. The van der Waals surface area contributed by atoms with Gasteiger partial charge in [-0.15, -0.1) is 0 Å². The maximum Gasteiger partial charge on any atom is 0.242 e. The van der Waals surface area contributed by atoms with Crippen LogP contribution in [0.2, 0.25) is 5.02 Å². The van der Waals surface area contributed by atoms with Gasteiger partial charge in [0.15, 0.2) is 0 Å². The normalized spacial score (nSPS) is 10.5. The van der Waals surface area contributed by atoms with Crippen LogP contribution >= 0.6 is 11.6 Å². The summed E-state index contributed by atoms with van der Waals surface area (Å²) in [4.78, 5) is 24.0.